The second kappa shape index (κ2) is 5.52. The number of carbonyl (C=O) groups is 1. The van der Waals surface area contributed by atoms with E-state index in [0.29, 0.717) is 5.56 Å². The molecule has 98 valence electrons. The standard InChI is InChI=1S/C11H12F3N3O/c12-11(13,14)6-5-7-1-3-8(4-2-7)9(18)17-10(15)16/h1-4H,5-6H2,(H4,15,16,17,18). The Bertz CT molecular complexity index is 448. The van der Waals surface area contributed by atoms with Gasteiger partial charge in [-0.15, -0.1) is 0 Å². The van der Waals surface area contributed by atoms with Crippen molar-refractivity contribution in [3.8, 4) is 0 Å². The molecule has 18 heavy (non-hydrogen) atoms. The molecule has 1 amide bonds. The van der Waals surface area contributed by atoms with Gasteiger partial charge in [0, 0.05) is 12.0 Å². The summed E-state index contributed by atoms with van der Waals surface area (Å²) in [6.07, 6.45) is -5.21. The Labute approximate surface area is 101 Å². The molecule has 0 unspecified atom stereocenters. The van der Waals surface area contributed by atoms with Crippen molar-refractivity contribution in [2.24, 2.45) is 16.5 Å². The van der Waals surface area contributed by atoms with Gasteiger partial charge in [0.1, 0.15) is 0 Å². The first kappa shape index (κ1) is 14.0. The summed E-state index contributed by atoms with van der Waals surface area (Å²) in [5.41, 5.74) is 10.8. The fourth-order valence-corrected chi connectivity index (χ4v) is 1.28. The fraction of sp³-hybridized carbons (Fsp3) is 0.273. The van der Waals surface area contributed by atoms with Crippen LogP contribution in [0.1, 0.15) is 22.3 Å². The fourth-order valence-electron chi connectivity index (χ4n) is 1.28. The van der Waals surface area contributed by atoms with Gasteiger partial charge in [0.15, 0.2) is 5.96 Å². The molecule has 0 saturated heterocycles. The van der Waals surface area contributed by atoms with Gasteiger partial charge in [-0.3, -0.25) is 4.79 Å². The second-order valence-corrected chi connectivity index (χ2v) is 3.65. The van der Waals surface area contributed by atoms with E-state index >= 15 is 0 Å². The van der Waals surface area contributed by atoms with E-state index in [1.807, 2.05) is 0 Å². The van der Waals surface area contributed by atoms with E-state index in [9.17, 15) is 18.0 Å². The van der Waals surface area contributed by atoms with Crippen molar-refractivity contribution < 1.29 is 18.0 Å². The van der Waals surface area contributed by atoms with Crippen LogP contribution in [0, 0.1) is 0 Å². The molecule has 0 atom stereocenters. The number of benzene rings is 1. The Kier molecular flexibility index (Phi) is 4.30. The van der Waals surface area contributed by atoms with Crippen molar-refractivity contribution in [1.29, 1.82) is 0 Å². The van der Waals surface area contributed by atoms with Crippen molar-refractivity contribution in [2.45, 2.75) is 19.0 Å². The summed E-state index contributed by atoms with van der Waals surface area (Å²) in [4.78, 5) is 14.7. The lowest BCUT2D eigenvalue weighted by molar-refractivity contribution is -0.133. The molecular weight excluding hydrogens is 247 g/mol. The summed E-state index contributed by atoms with van der Waals surface area (Å²) in [5, 5.41) is 0. The average Bonchev–Trinajstić information content (AvgIpc) is 2.25. The van der Waals surface area contributed by atoms with E-state index in [1.165, 1.54) is 24.3 Å². The number of alkyl halides is 3. The SMILES string of the molecule is NC(N)=NC(=O)c1ccc(CCC(F)(F)F)cc1. The molecule has 4 nitrogen and oxygen atoms in total. The van der Waals surface area contributed by atoms with E-state index in [2.05, 4.69) is 4.99 Å². The first-order valence-corrected chi connectivity index (χ1v) is 5.07. The maximum atomic E-state index is 12.0. The normalized spacial score (nSPS) is 11.1. The predicted octanol–water partition coefficient (Wildman–Crippen LogP) is 1.60. The summed E-state index contributed by atoms with van der Waals surface area (Å²) in [6, 6.07) is 5.67. The molecule has 0 spiro atoms. The molecule has 0 saturated carbocycles. The van der Waals surface area contributed by atoms with Gasteiger partial charge in [0.2, 0.25) is 0 Å². The number of amides is 1. The molecule has 0 aliphatic carbocycles. The van der Waals surface area contributed by atoms with Crippen LogP contribution < -0.4 is 11.5 Å². The second-order valence-electron chi connectivity index (χ2n) is 3.65. The molecule has 0 aliphatic rings. The molecule has 1 aromatic rings. The molecule has 0 aromatic heterocycles. The molecule has 0 heterocycles. The van der Waals surface area contributed by atoms with Crippen molar-refractivity contribution in [2.75, 3.05) is 0 Å². The Morgan fingerprint density at radius 1 is 1.17 bits per heavy atom. The molecule has 0 aliphatic heterocycles. The molecule has 0 fully saturated rings. The summed E-state index contributed by atoms with van der Waals surface area (Å²) >= 11 is 0. The number of hydrogen-bond acceptors (Lipinski definition) is 1. The number of aliphatic imine (C=N–C) groups is 1. The van der Waals surface area contributed by atoms with Crippen molar-refractivity contribution in [1.82, 2.24) is 0 Å². The number of nitrogens with two attached hydrogens (primary N) is 2. The van der Waals surface area contributed by atoms with Crippen LogP contribution in [0.4, 0.5) is 13.2 Å². The maximum Gasteiger partial charge on any atom is 0.389 e. The van der Waals surface area contributed by atoms with Crippen LogP contribution in [0.25, 0.3) is 0 Å². The predicted molar refractivity (Wildman–Crippen MR) is 61.0 cm³/mol. The summed E-state index contributed by atoms with van der Waals surface area (Å²) < 4.78 is 36.0. The summed E-state index contributed by atoms with van der Waals surface area (Å²) in [5.74, 6) is -0.987. The van der Waals surface area contributed by atoms with Gasteiger partial charge < -0.3 is 11.5 Å². The molecule has 0 radical (unpaired) electrons. The first-order chi connectivity index (χ1) is 8.28. The molecule has 1 aromatic carbocycles. The number of carbonyl (C=O) groups excluding carboxylic acids is 1. The van der Waals surface area contributed by atoms with E-state index < -0.39 is 18.5 Å². The van der Waals surface area contributed by atoms with E-state index in [-0.39, 0.29) is 17.9 Å². The van der Waals surface area contributed by atoms with Gasteiger partial charge in [0.25, 0.3) is 5.91 Å². The molecule has 7 heteroatoms. The highest BCUT2D eigenvalue weighted by Gasteiger charge is 2.26. The van der Waals surface area contributed by atoms with Crippen LogP contribution in [0.2, 0.25) is 0 Å². The zero-order chi connectivity index (χ0) is 13.8. The largest absolute Gasteiger partial charge is 0.389 e. The third-order valence-electron chi connectivity index (χ3n) is 2.13. The minimum atomic E-state index is -4.19. The van der Waals surface area contributed by atoms with Crippen molar-refractivity contribution in [3.05, 3.63) is 35.4 Å². The number of aryl methyl sites for hydroxylation is 1. The van der Waals surface area contributed by atoms with Gasteiger partial charge in [-0.05, 0) is 24.1 Å². The summed E-state index contributed by atoms with van der Waals surface area (Å²) in [6.45, 7) is 0. The number of nitrogens with zero attached hydrogens (tertiary/aromatic N) is 1. The molecule has 4 N–H and O–H groups in total. The van der Waals surface area contributed by atoms with E-state index in [4.69, 9.17) is 11.5 Å². The minimum absolute atomic E-state index is 0.125. The molecule has 1 rings (SSSR count). The molecule has 0 bridgehead atoms. The summed E-state index contributed by atoms with van der Waals surface area (Å²) in [7, 11) is 0. The first-order valence-electron chi connectivity index (χ1n) is 5.07. The lowest BCUT2D eigenvalue weighted by atomic mass is 10.1. The lowest BCUT2D eigenvalue weighted by Crippen LogP contribution is -2.24. The highest BCUT2D eigenvalue weighted by atomic mass is 19.4. The maximum absolute atomic E-state index is 12.0. The number of rotatable bonds is 3. The monoisotopic (exact) mass is 259 g/mol. The average molecular weight is 259 g/mol. The van der Waals surface area contributed by atoms with Gasteiger partial charge in [0.05, 0.1) is 0 Å². The highest BCUT2D eigenvalue weighted by molar-refractivity contribution is 6.01. The van der Waals surface area contributed by atoms with E-state index in [0.717, 1.165) is 0 Å². The van der Waals surface area contributed by atoms with Crippen LogP contribution in [0.15, 0.2) is 29.3 Å². The van der Waals surface area contributed by atoms with Crippen molar-refractivity contribution >= 4 is 11.9 Å². The Morgan fingerprint density at radius 2 is 1.72 bits per heavy atom. The lowest BCUT2D eigenvalue weighted by Gasteiger charge is -2.06. The number of guanidine groups is 1. The molecular formula is C11H12F3N3O. The van der Waals surface area contributed by atoms with Crippen molar-refractivity contribution in [3.63, 3.8) is 0 Å². The topological polar surface area (TPSA) is 81.5 Å². The number of hydrogen-bond donors (Lipinski definition) is 2. The van der Waals surface area contributed by atoms with Crippen LogP contribution in [0.3, 0.4) is 0 Å². The quantitative estimate of drug-likeness (QED) is 0.639. The van der Waals surface area contributed by atoms with Crippen LogP contribution >= 0.6 is 0 Å². The van der Waals surface area contributed by atoms with Gasteiger partial charge in [-0.25, -0.2) is 0 Å². The Morgan fingerprint density at radius 3 is 2.17 bits per heavy atom. The van der Waals surface area contributed by atoms with Gasteiger partial charge >= 0.3 is 6.18 Å². The van der Waals surface area contributed by atoms with Crippen LogP contribution in [0.5, 0.6) is 0 Å². The zero-order valence-electron chi connectivity index (χ0n) is 9.37. The number of halogens is 3. The third kappa shape index (κ3) is 4.86. The highest BCUT2D eigenvalue weighted by Crippen LogP contribution is 2.22. The smallest absolute Gasteiger partial charge is 0.370 e. The Balaban J connectivity index is 2.69. The van der Waals surface area contributed by atoms with E-state index in [1.54, 1.807) is 0 Å². The van der Waals surface area contributed by atoms with Gasteiger partial charge in [-0.2, -0.15) is 18.2 Å². The zero-order valence-corrected chi connectivity index (χ0v) is 9.37. The van der Waals surface area contributed by atoms with Crippen LogP contribution in [-0.2, 0) is 6.42 Å². The van der Waals surface area contributed by atoms with Gasteiger partial charge in [-0.1, -0.05) is 12.1 Å². The Hall–Kier alpha value is -2.05. The van der Waals surface area contributed by atoms with Crippen LogP contribution in [-0.4, -0.2) is 18.0 Å². The third-order valence-corrected chi connectivity index (χ3v) is 2.13. The minimum Gasteiger partial charge on any atom is -0.370 e.